The molecule has 0 bridgehead atoms. The van der Waals surface area contributed by atoms with E-state index in [1.807, 2.05) is 32.9 Å². The van der Waals surface area contributed by atoms with Crippen LogP contribution in [0.5, 0.6) is 11.5 Å². The molecule has 1 aliphatic rings. The van der Waals surface area contributed by atoms with Gasteiger partial charge in [-0.3, -0.25) is 0 Å². The molecule has 1 aliphatic carbocycles. The Hall–Kier alpha value is -1.19. The number of ether oxygens (including phenoxy) is 2. The first kappa shape index (κ1) is 19.1. The van der Waals surface area contributed by atoms with E-state index in [0.29, 0.717) is 17.4 Å². The zero-order valence-corrected chi connectivity index (χ0v) is 15.9. The zero-order chi connectivity index (χ0) is 17.4. The van der Waals surface area contributed by atoms with Crippen molar-refractivity contribution in [3.63, 3.8) is 0 Å². The summed E-state index contributed by atoms with van der Waals surface area (Å²) in [6.45, 7) is 8.32. The van der Waals surface area contributed by atoms with Crippen molar-refractivity contribution in [1.82, 2.24) is 5.32 Å². The minimum absolute atomic E-state index is 0.0643. The molecule has 0 radical (unpaired) electrons. The second kappa shape index (κ2) is 9.95. The molecule has 24 heavy (non-hydrogen) atoms. The molecule has 3 nitrogen and oxygen atoms in total. The van der Waals surface area contributed by atoms with Gasteiger partial charge >= 0.3 is 0 Å². The van der Waals surface area contributed by atoms with Crippen molar-refractivity contribution in [2.75, 3.05) is 13.2 Å². The second-order valence-electron chi connectivity index (χ2n) is 6.54. The van der Waals surface area contributed by atoms with Gasteiger partial charge in [0, 0.05) is 6.54 Å². The third-order valence-electron chi connectivity index (χ3n) is 4.06. The molecule has 0 amide bonds. The molecule has 4 heteroatoms. The van der Waals surface area contributed by atoms with Crippen molar-refractivity contribution in [2.24, 2.45) is 0 Å². The summed E-state index contributed by atoms with van der Waals surface area (Å²) in [5.74, 6) is 1.37. The van der Waals surface area contributed by atoms with Gasteiger partial charge in [-0.2, -0.15) is 0 Å². The molecule has 0 aliphatic heterocycles. The van der Waals surface area contributed by atoms with Crippen LogP contribution in [0.15, 0.2) is 23.8 Å². The Morgan fingerprint density at radius 1 is 1.25 bits per heavy atom. The third kappa shape index (κ3) is 6.03. The van der Waals surface area contributed by atoms with Crippen LogP contribution in [0.2, 0.25) is 5.02 Å². The minimum atomic E-state index is 0.0643. The van der Waals surface area contributed by atoms with Gasteiger partial charge in [-0.05, 0) is 77.1 Å². The number of hydrogen-bond acceptors (Lipinski definition) is 3. The summed E-state index contributed by atoms with van der Waals surface area (Å²) in [7, 11) is 0. The molecule has 1 N–H and O–H groups in total. The van der Waals surface area contributed by atoms with Gasteiger partial charge < -0.3 is 14.8 Å². The van der Waals surface area contributed by atoms with Crippen molar-refractivity contribution < 1.29 is 9.47 Å². The van der Waals surface area contributed by atoms with Gasteiger partial charge in [0.25, 0.3) is 0 Å². The quantitative estimate of drug-likeness (QED) is 0.470. The first-order valence-corrected chi connectivity index (χ1v) is 9.48. The third-order valence-corrected chi connectivity index (χ3v) is 4.34. The normalized spacial score (nSPS) is 14.6. The number of nitrogens with one attached hydrogen (secondary N) is 1. The van der Waals surface area contributed by atoms with Crippen LogP contribution in [0.4, 0.5) is 0 Å². The first-order chi connectivity index (χ1) is 11.6. The van der Waals surface area contributed by atoms with E-state index in [0.717, 1.165) is 30.8 Å². The smallest absolute Gasteiger partial charge is 0.180 e. The monoisotopic (exact) mass is 351 g/mol. The van der Waals surface area contributed by atoms with Crippen LogP contribution in [0.1, 0.15) is 58.4 Å². The summed E-state index contributed by atoms with van der Waals surface area (Å²) < 4.78 is 11.5. The highest BCUT2D eigenvalue weighted by molar-refractivity contribution is 6.32. The number of rotatable bonds is 9. The molecule has 0 atom stereocenters. The Kier molecular flexibility index (Phi) is 7.93. The topological polar surface area (TPSA) is 30.5 Å². The van der Waals surface area contributed by atoms with Gasteiger partial charge in [0.15, 0.2) is 11.5 Å². The minimum Gasteiger partial charge on any atom is -0.490 e. The Bertz CT molecular complexity index is 555. The summed E-state index contributed by atoms with van der Waals surface area (Å²) in [4.78, 5) is 0. The summed E-state index contributed by atoms with van der Waals surface area (Å²) >= 11 is 6.41. The number of halogens is 1. The number of hydrogen-bond donors (Lipinski definition) is 1. The molecule has 0 heterocycles. The van der Waals surface area contributed by atoms with Gasteiger partial charge in [0.1, 0.15) is 0 Å². The lowest BCUT2D eigenvalue weighted by molar-refractivity contribution is 0.224. The predicted octanol–water partition coefficient (Wildman–Crippen LogP) is 5.51. The fourth-order valence-corrected chi connectivity index (χ4v) is 3.23. The van der Waals surface area contributed by atoms with Crippen LogP contribution in [0.3, 0.4) is 0 Å². The van der Waals surface area contributed by atoms with Crippen molar-refractivity contribution >= 4 is 11.6 Å². The molecule has 0 aromatic heterocycles. The molecule has 2 rings (SSSR count). The molecular weight excluding hydrogens is 322 g/mol. The molecule has 134 valence electrons. The highest BCUT2D eigenvalue weighted by Gasteiger charge is 2.14. The highest BCUT2D eigenvalue weighted by Crippen LogP contribution is 2.37. The van der Waals surface area contributed by atoms with Crippen LogP contribution in [0.25, 0.3) is 0 Å². The summed E-state index contributed by atoms with van der Waals surface area (Å²) in [6, 6.07) is 3.99. The summed E-state index contributed by atoms with van der Waals surface area (Å²) in [6.07, 6.45) is 8.82. The standard InChI is InChI=1S/C20H30ClNO2/c1-4-23-19-13-17(12-18(21)20(19)24-15(2)3)14-22-11-10-16-8-6-5-7-9-16/h8,12-13,15,22H,4-7,9-11,14H2,1-3H3. The van der Waals surface area contributed by atoms with Crippen molar-refractivity contribution in [2.45, 2.75) is 65.5 Å². The van der Waals surface area contributed by atoms with Gasteiger partial charge in [-0.1, -0.05) is 23.3 Å². The van der Waals surface area contributed by atoms with Gasteiger partial charge in [0.2, 0.25) is 0 Å². The highest BCUT2D eigenvalue weighted by atomic mass is 35.5. The van der Waals surface area contributed by atoms with E-state index in [-0.39, 0.29) is 6.10 Å². The van der Waals surface area contributed by atoms with Crippen LogP contribution in [0, 0.1) is 0 Å². The van der Waals surface area contributed by atoms with Crippen molar-refractivity contribution in [1.29, 1.82) is 0 Å². The lowest BCUT2D eigenvalue weighted by Crippen LogP contribution is -2.16. The molecule has 0 saturated carbocycles. The number of benzene rings is 1. The lowest BCUT2D eigenvalue weighted by Gasteiger charge is -2.17. The average Bonchev–Trinajstić information content (AvgIpc) is 2.56. The predicted molar refractivity (Wildman–Crippen MR) is 101 cm³/mol. The fourth-order valence-electron chi connectivity index (χ4n) is 2.95. The Labute approximate surface area is 151 Å². The average molecular weight is 352 g/mol. The molecule has 0 fully saturated rings. The van der Waals surface area contributed by atoms with E-state index < -0.39 is 0 Å². The van der Waals surface area contributed by atoms with E-state index in [2.05, 4.69) is 11.4 Å². The zero-order valence-electron chi connectivity index (χ0n) is 15.2. The van der Waals surface area contributed by atoms with E-state index in [4.69, 9.17) is 21.1 Å². The summed E-state index contributed by atoms with van der Waals surface area (Å²) in [5, 5.41) is 4.12. The maximum absolute atomic E-state index is 6.41. The maximum Gasteiger partial charge on any atom is 0.180 e. The maximum atomic E-state index is 6.41. The molecule has 1 aromatic rings. The number of allylic oxidation sites excluding steroid dienone is 1. The van der Waals surface area contributed by atoms with Crippen LogP contribution in [-0.4, -0.2) is 19.3 Å². The van der Waals surface area contributed by atoms with Crippen LogP contribution >= 0.6 is 11.6 Å². The van der Waals surface area contributed by atoms with Crippen molar-refractivity contribution in [3.05, 3.63) is 34.4 Å². The molecule has 0 spiro atoms. The van der Waals surface area contributed by atoms with E-state index in [9.17, 15) is 0 Å². The molecule has 0 unspecified atom stereocenters. The Balaban J connectivity index is 1.93. The fraction of sp³-hybridized carbons (Fsp3) is 0.600. The lowest BCUT2D eigenvalue weighted by atomic mass is 9.97. The molecule has 0 saturated heterocycles. The second-order valence-corrected chi connectivity index (χ2v) is 6.95. The van der Waals surface area contributed by atoms with E-state index >= 15 is 0 Å². The van der Waals surface area contributed by atoms with Gasteiger partial charge in [-0.15, -0.1) is 0 Å². The Morgan fingerprint density at radius 3 is 2.75 bits per heavy atom. The first-order valence-electron chi connectivity index (χ1n) is 9.10. The molecule has 1 aromatic carbocycles. The van der Waals surface area contributed by atoms with E-state index in [1.165, 1.54) is 25.7 Å². The SMILES string of the molecule is CCOc1cc(CNCCC2=CCCCC2)cc(Cl)c1OC(C)C. The van der Waals surface area contributed by atoms with Crippen LogP contribution < -0.4 is 14.8 Å². The van der Waals surface area contributed by atoms with Crippen molar-refractivity contribution in [3.8, 4) is 11.5 Å². The van der Waals surface area contributed by atoms with Gasteiger partial charge in [-0.25, -0.2) is 0 Å². The van der Waals surface area contributed by atoms with E-state index in [1.54, 1.807) is 5.57 Å². The molecular formula is C20H30ClNO2. The van der Waals surface area contributed by atoms with Crippen LogP contribution in [-0.2, 0) is 6.54 Å². The largest absolute Gasteiger partial charge is 0.490 e. The Morgan fingerprint density at radius 2 is 2.08 bits per heavy atom. The van der Waals surface area contributed by atoms with Gasteiger partial charge in [0.05, 0.1) is 17.7 Å². The summed E-state index contributed by atoms with van der Waals surface area (Å²) in [5.41, 5.74) is 2.72.